The lowest BCUT2D eigenvalue weighted by Gasteiger charge is -2.26. The molecule has 0 spiro atoms. The summed E-state index contributed by atoms with van der Waals surface area (Å²) in [5.41, 5.74) is 7.04. The monoisotopic (exact) mass is 250 g/mol. The Bertz CT molecular complexity index is 401. The van der Waals surface area contributed by atoms with Crippen LogP contribution >= 0.6 is 0 Å². The number of hydrogen-bond donors (Lipinski definition) is 2. The lowest BCUT2D eigenvalue weighted by atomic mass is 10.0. The normalized spacial score (nSPS) is 14.0. The number of aryl methyl sites for hydroxylation is 1. The third-order valence-corrected chi connectivity index (χ3v) is 3.15. The van der Waals surface area contributed by atoms with E-state index in [1.165, 1.54) is 0 Å². The summed E-state index contributed by atoms with van der Waals surface area (Å²) in [6.07, 6.45) is 0.779. The van der Waals surface area contributed by atoms with E-state index in [9.17, 15) is 4.79 Å². The molecule has 0 saturated heterocycles. The Morgan fingerprint density at radius 3 is 2.67 bits per heavy atom. The molecule has 4 heteroatoms. The van der Waals surface area contributed by atoms with Gasteiger partial charge in [-0.15, -0.1) is 0 Å². The topological polar surface area (TPSA) is 64.3 Å². The highest BCUT2D eigenvalue weighted by Crippen LogP contribution is 2.15. The zero-order chi connectivity index (χ0) is 13.6. The summed E-state index contributed by atoms with van der Waals surface area (Å²) in [7, 11) is 0. The van der Waals surface area contributed by atoms with Crippen LogP contribution in [-0.2, 0) is 9.53 Å². The number of hydrogen-bond acceptors (Lipinski definition) is 3. The van der Waals surface area contributed by atoms with Gasteiger partial charge in [-0.25, -0.2) is 0 Å². The van der Waals surface area contributed by atoms with Gasteiger partial charge in [-0.3, -0.25) is 4.79 Å². The van der Waals surface area contributed by atoms with Crippen molar-refractivity contribution in [1.29, 1.82) is 0 Å². The molecule has 100 valence electrons. The predicted molar refractivity (Wildman–Crippen MR) is 73.5 cm³/mol. The van der Waals surface area contributed by atoms with E-state index in [1.807, 2.05) is 45.0 Å². The number of ether oxygens (including phenoxy) is 1. The molecule has 0 aromatic heterocycles. The number of nitrogens with two attached hydrogens (primary N) is 1. The number of anilines is 1. The van der Waals surface area contributed by atoms with Crippen LogP contribution in [-0.4, -0.2) is 24.7 Å². The second-order valence-electron chi connectivity index (χ2n) is 4.66. The minimum Gasteiger partial charge on any atom is -0.364 e. The first kappa shape index (κ1) is 14.7. The first-order valence-electron chi connectivity index (χ1n) is 6.20. The molecule has 3 N–H and O–H groups in total. The molecule has 18 heavy (non-hydrogen) atoms. The van der Waals surface area contributed by atoms with E-state index >= 15 is 0 Å². The maximum atomic E-state index is 11.8. The Morgan fingerprint density at radius 1 is 1.44 bits per heavy atom. The second kappa shape index (κ2) is 6.52. The fraction of sp³-hybridized carbons (Fsp3) is 0.500. The molecule has 0 fully saturated rings. The molecule has 0 aliphatic rings. The Kier molecular flexibility index (Phi) is 5.31. The van der Waals surface area contributed by atoms with Gasteiger partial charge in [-0.1, -0.05) is 25.1 Å². The minimum atomic E-state index is -0.428. The summed E-state index contributed by atoms with van der Waals surface area (Å²) in [5, 5.41) is 2.83. The molecular formula is C14H22N2O2. The van der Waals surface area contributed by atoms with Crippen molar-refractivity contribution in [2.45, 2.75) is 32.8 Å². The summed E-state index contributed by atoms with van der Waals surface area (Å²) in [6.45, 7) is 6.28. The summed E-state index contributed by atoms with van der Waals surface area (Å²) < 4.78 is 5.56. The summed E-state index contributed by atoms with van der Waals surface area (Å²) in [4.78, 5) is 11.8. The fourth-order valence-corrected chi connectivity index (χ4v) is 1.44. The van der Waals surface area contributed by atoms with Gasteiger partial charge in [0.15, 0.2) is 0 Å². The van der Waals surface area contributed by atoms with Crippen LogP contribution in [0.5, 0.6) is 0 Å². The average Bonchev–Trinajstić information content (AvgIpc) is 2.39. The number of carbonyl (C=O) groups excluding carboxylic acids is 1. The van der Waals surface area contributed by atoms with Crippen LogP contribution < -0.4 is 11.1 Å². The molecule has 0 bridgehead atoms. The van der Waals surface area contributed by atoms with Crippen LogP contribution in [0.2, 0.25) is 0 Å². The Hall–Kier alpha value is -1.39. The lowest BCUT2D eigenvalue weighted by molar-refractivity contribution is -0.126. The van der Waals surface area contributed by atoms with Crippen molar-refractivity contribution in [3.63, 3.8) is 0 Å². The fourth-order valence-electron chi connectivity index (χ4n) is 1.44. The standard InChI is InChI=1S/C14H22N2O2/c1-4-14(3,10-15)18-9-13(17)16-12-8-6-5-7-11(12)2/h5-8H,4,9-10,15H2,1-3H3,(H,16,17). The summed E-state index contributed by atoms with van der Waals surface area (Å²) >= 11 is 0. The Labute approximate surface area is 109 Å². The van der Waals surface area contributed by atoms with Crippen molar-refractivity contribution < 1.29 is 9.53 Å². The van der Waals surface area contributed by atoms with Crippen LogP contribution in [0.25, 0.3) is 0 Å². The molecule has 0 aliphatic heterocycles. The molecule has 1 atom stereocenters. The molecule has 0 aliphatic carbocycles. The number of amides is 1. The van der Waals surface area contributed by atoms with Crippen LogP contribution in [0.4, 0.5) is 5.69 Å². The molecule has 0 radical (unpaired) electrons. The zero-order valence-corrected chi connectivity index (χ0v) is 11.3. The van der Waals surface area contributed by atoms with E-state index in [1.54, 1.807) is 0 Å². The number of benzene rings is 1. The average molecular weight is 250 g/mol. The molecule has 0 heterocycles. The predicted octanol–water partition coefficient (Wildman–Crippen LogP) is 2.08. The van der Waals surface area contributed by atoms with Crippen LogP contribution in [0, 0.1) is 6.92 Å². The third-order valence-electron chi connectivity index (χ3n) is 3.15. The van der Waals surface area contributed by atoms with E-state index in [-0.39, 0.29) is 12.5 Å². The number of para-hydroxylation sites is 1. The van der Waals surface area contributed by atoms with E-state index in [4.69, 9.17) is 10.5 Å². The van der Waals surface area contributed by atoms with Gasteiger partial charge in [0.1, 0.15) is 6.61 Å². The van der Waals surface area contributed by atoms with Gasteiger partial charge in [-0.2, -0.15) is 0 Å². The van der Waals surface area contributed by atoms with Gasteiger partial charge in [-0.05, 0) is 31.9 Å². The Morgan fingerprint density at radius 2 is 2.11 bits per heavy atom. The van der Waals surface area contributed by atoms with Crippen LogP contribution in [0.3, 0.4) is 0 Å². The molecular weight excluding hydrogens is 228 g/mol. The molecule has 1 amide bonds. The summed E-state index contributed by atoms with van der Waals surface area (Å²) in [6, 6.07) is 7.64. The summed E-state index contributed by atoms with van der Waals surface area (Å²) in [5.74, 6) is -0.155. The van der Waals surface area contributed by atoms with Crippen molar-refractivity contribution >= 4 is 11.6 Å². The van der Waals surface area contributed by atoms with Gasteiger partial charge in [0.25, 0.3) is 0 Å². The van der Waals surface area contributed by atoms with Gasteiger partial charge in [0, 0.05) is 12.2 Å². The second-order valence-corrected chi connectivity index (χ2v) is 4.66. The van der Waals surface area contributed by atoms with Gasteiger partial charge < -0.3 is 15.8 Å². The zero-order valence-electron chi connectivity index (χ0n) is 11.3. The van der Waals surface area contributed by atoms with E-state index in [0.717, 1.165) is 17.7 Å². The van der Waals surface area contributed by atoms with Crippen molar-refractivity contribution in [1.82, 2.24) is 0 Å². The van der Waals surface area contributed by atoms with Crippen molar-refractivity contribution in [2.24, 2.45) is 5.73 Å². The van der Waals surface area contributed by atoms with E-state index in [2.05, 4.69) is 5.32 Å². The minimum absolute atomic E-state index is 0.0237. The highest BCUT2D eigenvalue weighted by atomic mass is 16.5. The first-order valence-corrected chi connectivity index (χ1v) is 6.20. The first-order chi connectivity index (χ1) is 8.50. The molecule has 4 nitrogen and oxygen atoms in total. The van der Waals surface area contributed by atoms with Gasteiger partial charge >= 0.3 is 0 Å². The SMILES string of the molecule is CCC(C)(CN)OCC(=O)Nc1ccccc1C. The molecule has 1 rings (SSSR count). The maximum absolute atomic E-state index is 11.8. The quantitative estimate of drug-likeness (QED) is 0.812. The van der Waals surface area contributed by atoms with Crippen LogP contribution in [0.15, 0.2) is 24.3 Å². The lowest BCUT2D eigenvalue weighted by Crippen LogP contribution is -2.39. The van der Waals surface area contributed by atoms with Crippen molar-refractivity contribution in [3.05, 3.63) is 29.8 Å². The van der Waals surface area contributed by atoms with Crippen molar-refractivity contribution in [3.8, 4) is 0 Å². The highest BCUT2D eigenvalue weighted by molar-refractivity contribution is 5.92. The molecule has 1 aromatic carbocycles. The van der Waals surface area contributed by atoms with Crippen LogP contribution in [0.1, 0.15) is 25.8 Å². The van der Waals surface area contributed by atoms with E-state index in [0.29, 0.717) is 6.54 Å². The molecule has 0 saturated carbocycles. The largest absolute Gasteiger partial charge is 0.364 e. The van der Waals surface area contributed by atoms with Gasteiger partial charge in [0.05, 0.1) is 5.60 Å². The molecule has 1 aromatic rings. The number of nitrogens with one attached hydrogen (secondary N) is 1. The number of carbonyl (C=O) groups is 1. The third kappa shape index (κ3) is 4.13. The maximum Gasteiger partial charge on any atom is 0.250 e. The van der Waals surface area contributed by atoms with Gasteiger partial charge in [0.2, 0.25) is 5.91 Å². The smallest absolute Gasteiger partial charge is 0.250 e. The highest BCUT2D eigenvalue weighted by Gasteiger charge is 2.21. The Balaban J connectivity index is 2.50. The van der Waals surface area contributed by atoms with E-state index < -0.39 is 5.60 Å². The van der Waals surface area contributed by atoms with Crippen molar-refractivity contribution in [2.75, 3.05) is 18.5 Å². The molecule has 1 unspecified atom stereocenters. The number of rotatable bonds is 6.